The van der Waals surface area contributed by atoms with Crippen LogP contribution in [-0.4, -0.2) is 33.6 Å². The van der Waals surface area contributed by atoms with Gasteiger partial charge in [0.2, 0.25) is 10.1 Å². The molecule has 1 fully saturated rings. The van der Waals surface area contributed by atoms with Crippen LogP contribution < -0.4 is 15.8 Å². The molecule has 7 nitrogen and oxygen atoms in total. The summed E-state index contributed by atoms with van der Waals surface area (Å²) in [5, 5.41) is 8.01. The van der Waals surface area contributed by atoms with Crippen molar-refractivity contribution in [3.8, 4) is 0 Å². The molecule has 4 rings (SSSR count). The average molecular weight is 383 g/mol. The van der Waals surface area contributed by atoms with Crippen LogP contribution in [0.5, 0.6) is 0 Å². The van der Waals surface area contributed by atoms with Gasteiger partial charge in [0.1, 0.15) is 5.56 Å². The number of nitrogens with one attached hydrogen (secondary N) is 1. The zero-order valence-corrected chi connectivity index (χ0v) is 16.1. The van der Waals surface area contributed by atoms with Crippen molar-refractivity contribution in [1.29, 1.82) is 0 Å². The Kier molecular flexibility index (Phi) is 4.65. The van der Waals surface area contributed by atoms with E-state index in [0.717, 1.165) is 30.2 Å². The first-order valence-electron chi connectivity index (χ1n) is 9.04. The molecule has 0 bridgehead atoms. The summed E-state index contributed by atoms with van der Waals surface area (Å²) in [6, 6.07) is 7.43. The standard InChI is InChI=1S/C19H21N5O2S/c1-12-6-5-9-23(11-12)19-22-24-17(26)14(10-20-18(24)27-19)16(25)21-15-8-4-3-7-13(15)2/h3-4,7-8,10,12H,5-6,9,11H2,1-2H3,(H,21,25)/t12-/m0/s1. The van der Waals surface area contributed by atoms with E-state index < -0.39 is 11.5 Å². The van der Waals surface area contributed by atoms with Gasteiger partial charge in [0.25, 0.3) is 11.5 Å². The number of aryl methyl sites for hydroxylation is 1. The monoisotopic (exact) mass is 383 g/mol. The summed E-state index contributed by atoms with van der Waals surface area (Å²) in [6.45, 7) is 5.98. The number of hydrogen-bond donors (Lipinski definition) is 1. The molecule has 3 heterocycles. The summed E-state index contributed by atoms with van der Waals surface area (Å²) >= 11 is 1.38. The van der Waals surface area contributed by atoms with Gasteiger partial charge in [-0.2, -0.15) is 4.52 Å². The molecule has 2 aromatic heterocycles. The number of carbonyl (C=O) groups is 1. The van der Waals surface area contributed by atoms with E-state index in [-0.39, 0.29) is 5.56 Å². The zero-order valence-electron chi connectivity index (χ0n) is 15.3. The fraction of sp³-hybridized carbons (Fsp3) is 0.368. The van der Waals surface area contributed by atoms with E-state index in [9.17, 15) is 9.59 Å². The van der Waals surface area contributed by atoms with Gasteiger partial charge in [-0.1, -0.05) is 36.5 Å². The minimum Gasteiger partial charge on any atom is -0.346 e. The Morgan fingerprint density at radius 3 is 2.93 bits per heavy atom. The SMILES string of the molecule is Cc1ccccc1NC(=O)c1cnc2sc(N3CCC[C@H](C)C3)nn2c1=O. The molecule has 0 saturated carbocycles. The van der Waals surface area contributed by atoms with E-state index in [4.69, 9.17) is 0 Å². The Morgan fingerprint density at radius 2 is 2.15 bits per heavy atom. The summed E-state index contributed by atoms with van der Waals surface area (Å²) in [7, 11) is 0. The van der Waals surface area contributed by atoms with Crippen LogP contribution in [0, 0.1) is 12.8 Å². The van der Waals surface area contributed by atoms with Gasteiger partial charge in [0, 0.05) is 25.0 Å². The predicted octanol–water partition coefficient (Wildman–Crippen LogP) is 2.95. The fourth-order valence-electron chi connectivity index (χ4n) is 3.33. The van der Waals surface area contributed by atoms with Crippen LogP contribution >= 0.6 is 11.3 Å². The van der Waals surface area contributed by atoms with Gasteiger partial charge in [0.05, 0.1) is 0 Å². The number of piperidine rings is 1. The number of nitrogens with zero attached hydrogens (tertiary/aromatic N) is 4. The Balaban J connectivity index is 1.65. The maximum atomic E-state index is 12.8. The van der Waals surface area contributed by atoms with Crippen LogP contribution in [0.15, 0.2) is 35.3 Å². The predicted molar refractivity (Wildman–Crippen MR) is 107 cm³/mol. The van der Waals surface area contributed by atoms with E-state index in [1.165, 1.54) is 28.5 Å². The Bertz CT molecular complexity index is 1060. The van der Waals surface area contributed by atoms with E-state index in [1.54, 1.807) is 6.07 Å². The second kappa shape index (κ2) is 7.11. The van der Waals surface area contributed by atoms with Crippen molar-refractivity contribution in [2.75, 3.05) is 23.3 Å². The summed E-state index contributed by atoms with van der Waals surface area (Å²) in [5.74, 6) is 0.128. The van der Waals surface area contributed by atoms with Crippen molar-refractivity contribution in [2.24, 2.45) is 5.92 Å². The number of carbonyl (C=O) groups excluding carboxylic acids is 1. The largest absolute Gasteiger partial charge is 0.346 e. The lowest BCUT2D eigenvalue weighted by molar-refractivity contribution is 0.102. The first-order chi connectivity index (χ1) is 13.0. The van der Waals surface area contributed by atoms with Crippen LogP contribution in [-0.2, 0) is 0 Å². The van der Waals surface area contributed by atoms with Crippen molar-refractivity contribution in [2.45, 2.75) is 26.7 Å². The molecule has 8 heteroatoms. The molecule has 1 amide bonds. The zero-order chi connectivity index (χ0) is 19.0. The summed E-state index contributed by atoms with van der Waals surface area (Å²) in [5.41, 5.74) is 1.14. The molecule has 1 saturated heterocycles. The molecule has 1 aliphatic rings. The minimum absolute atomic E-state index is 0.0142. The fourth-order valence-corrected chi connectivity index (χ4v) is 4.22. The number of anilines is 2. The number of fused-ring (bicyclic) bond motifs is 1. The van der Waals surface area contributed by atoms with E-state index in [1.807, 2.05) is 25.1 Å². The molecule has 1 N–H and O–H groups in total. The van der Waals surface area contributed by atoms with Gasteiger partial charge < -0.3 is 10.2 Å². The molecule has 1 aromatic carbocycles. The third kappa shape index (κ3) is 3.44. The highest BCUT2D eigenvalue weighted by atomic mass is 32.1. The van der Waals surface area contributed by atoms with Crippen molar-refractivity contribution in [3.05, 3.63) is 51.9 Å². The van der Waals surface area contributed by atoms with Gasteiger partial charge in [-0.25, -0.2) is 4.98 Å². The molecule has 0 aliphatic carbocycles. The van der Waals surface area contributed by atoms with Gasteiger partial charge in [0.15, 0.2) is 0 Å². The Hall–Kier alpha value is -2.74. The van der Waals surface area contributed by atoms with Gasteiger partial charge in [-0.05, 0) is 37.3 Å². The average Bonchev–Trinajstić information content (AvgIpc) is 3.09. The topological polar surface area (TPSA) is 79.6 Å². The van der Waals surface area contributed by atoms with Crippen molar-refractivity contribution in [3.63, 3.8) is 0 Å². The summed E-state index contributed by atoms with van der Waals surface area (Å²) in [4.78, 5) is 32.4. The lowest BCUT2D eigenvalue weighted by Gasteiger charge is -2.30. The minimum atomic E-state index is -0.475. The molecule has 0 spiro atoms. The highest BCUT2D eigenvalue weighted by Gasteiger charge is 2.22. The number of hydrogen-bond acceptors (Lipinski definition) is 6. The van der Waals surface area contributed by atoms with Gasteiger partial charge >= 0.3 is 0 Å². The molecule has 1 atom stereocenters. The quantitative estimate of drug-likeness (QED) is 0.752. The van der Waals surface area contributed by atoms with Crippen molar-refractivity contribution < 1.29 is 4.79 Å². The maximum Gasteiger partial charge on any atom is 0.288 e. The Morgan fingerprint density at radius 1 is 1.33 bits per heavy atom. The third-order valence-corrected chi connectivity index (χ3v) is 5.82. The number of amides is 1. The number of para-hydroxylation sites is 1. The van der Waals surface area contributed by atoms with Gasteiger partial charge in [-0.3, -0.25) is 9.59 Å². The highest BCUT2D eigenvalue weighted by molar-refractivity contribution is 7.20. The van der Waals surface area contributed by atoms with Crippen LogP contribution in [0.1, 0.15) is 35.7 Å². The maximum absolute atomic E-state index is 12.8. The number of rotatable bonds is 3. The first-order valence-corrected chi connectivity index (χ1v) is 9.85. The Labute approximate surface area is 160 Å². The molecule has 27 heavy (non-hydrogen) atoms. The van der Waals surface area contributed by atoms with E-state index in [2.05, 4.69) is 27.2 Å². The van der Waals surface area contributed by atoms with Crippen molar-refractivity contribution >= 4 is 33.0 Å². The van der Waals surface area contributed by atoms with Crippen LogP contribution in [0.2, 0.25) is 0 Å². The first kappa shape index (κ1) is 17.7. The second-order valence-electron chi connectivity index (χ2n) is 7.02. The smallest absolute Gasteiger partial charge is 0.288 e. The molecule has 140 valence electrons. The lowest BCUT2D eigenvalue weighted by atomic mass is 10.0. The highest BCUT2D eigenvalue weighted by Crippen LogP contribution is 2.26. The lowest BCUT2D eigenvalue weighted by Crippen LogP contribution is -2.34. The van der Waals surface area contributed by atoms with Gasteiger partial charge in [-0.15, -0.1) is 5.10 Å². The van der Waals surface area contributed by atoms with Crippen LogP contribution in [0.25, 0.3) is 4.96 Å². The second-order valence-corrected chi connectivity index (χ2v) is 7.95. The van der Waals surface area contributed by atoms with Crippen molar-refractivity contribution in [1.82, 2.24) is 14.6 Å². The number of aromatic nitrogens is 3. The number of benzene rings is 1. The summed E-state index contributed by atoms with van der Waals surface area (Å²) in [6.07, 6.45) is 3.67. The molecule has 3 aromatic rings. The molecule has 1 aliphatic heterocycles. The molecular formula is C19H21N5O2S. The normalized spacial score (nSPS) is 17.3. The molecular weight excluding hydrogens is 362 g/mol. The van der Waals surface area contributed by atoms with Crippen LogP contribution in [0.4, 0.5) is 10.8 Å². The third-order valence-electron chi connectivity index (χ3n) is 4.84. The molecule has 0 unspecified atom stereocenters. The molecule has 0 radical (unpaired) electrons. The summed E-state index contributed by atoms with van der Waals surface area (Å²) < 4.78 is 1.24. The van der Waals surface area contributed by atoms with Crippen LogP contribution in [0.3, 0.4) is 0 Å². The van der Waals surface area contributed by atoms with E-state index >= 15 is 0 Å². The van der Waals surface area contributed by atoms with E-state index in [0.29, 0.717) is 16.6 Å².